The number of aromatic nitrogens is 2. The number of rotatable bonds is 6. The molecule has 3 rings (SSSR count). The zero-order chi connectivity index (χ0) is 19.4. The average molecular weight is 428 g/mol. The molecule has 0 aliphatic rings. The van der Waals surface area contributed by atoms with E-state index in [4.69, 9.17) is 16.3 Å². The minimum absolute atomic E-state index is 0.0382. The molecule has 27 heavy (non-hydrogen) atoms. The maximum Gasteiger partial charge on any atom is 0.338 e. The van der Waals surface area contributed by atoms with Gasteiger partial charge in [0.1, 0.15) is 22.5 Å². The lowest BCUT2D eigenvalue weighted by molar-refractivity contribution is 0.0467. The Labute approximate surface area is 163 Å². The van der Waals surface area contributed by atoms with E-state index >= 15 is 0 Å². The van der Waals surface area contributed by atoms with Gasteiger partial charge in [0.15, 0.2) is 0 Å². The summed E-state index contributed by atoms with van der Waals surface area (Å²) in [5, 5.41) is 3.72. The summed E-state index contributed by atoms with van der Waals surface area (Å²) in [6.45, 7) is -0.182. The number of hydrogen-bond acceptors (Lipinski definition) is 7. The van der Waals surface area contributed by atoms with E-state index in [-0.39, 0.29) is 22.8 Å². The molecule has 1 heterocycles. The number of sulfonamides is 1. The summed E-state index contributed by atoms with van der Waals surface area (Å²) in [6, 6.07) is 10.2. The third-order valence-electron chi connectivity index (χ3n) is 3.33. The van der Waals surface area contributed by atoms with E-state index in [2.05, 4.69) is 14.3 Å². The monoisotopic (exact) mass is 427 g/mol. The van der Waals surface area contributed by atoms with Crippen LogP contribution in [-0.2, 0) is 21.4 Å². The normalized spacial score (nSPS) is 11.2. The number of nitrogens with zero attached hydrogens (tertiary/aromatic N) is 2. The van der Waals surface area contributed by atoms with Crippen LogP contribution in [0.4, 0.5) is 10.1 Å². The molecule has 0 aliphatic carbocycles. The van der Waals surface area contributed by atoms with E-state index in [0.29, 0.717) is 10.0 Å². The van der Waals surface area contributed by atoms with E-state index in [0.717, 1.165) is 23.7 Å². The lowest BCUT2D eigenvalue weighted by Crippen LogP contribution is -2.14. The number of anilines is 1. The van der Waals surface area contributed by atoms with Crippen molar-refractivity contribution in [1.82, 2.24) is 9.59 Å². The molecule has 11 heteroatoms. The molecule has 0 saturated heterocycles. The van der Waals surface area contributed by atoms with Crippen molar-refractivity contribution in [3.8, 4) is 0 Å². The second kappa shape index (κ2) is 7.99. The van der Waals surface area contributed by atoms with Crippen LogP contribution in [0.2, 0.25) is 4.34 Å². The summed E-state index contributed by atoms with van der Waals surface area (Å²) in [7, 11) is -3.97. The Kier molecular flexibility index (Phi) is 5.68. The molecule has 0 unspecified atom stereocenters. The molecule has 0 fully saturated rings. The Hall–Kier alpha value is -2.56. The van der Waals surface area contributed by atoms with Crippen LogP contribution < -0.4 is 4.72 Å². The third kappa shape index (κ3) is 4.79. The maximum atomic E-state index is 12.9. The van der Waals surface area contributed by atoms with E-state index in [9.17, 15) is 17.6 Å². The number of benzene rings is 2. The van der Waals surface area contributed by atoms with Gasteiger partial charge in [0.25, 0.3) is 10.0 Å². The van der Waals surface area contributed by atoms with Crippen LogP contribution in [0, 0.1) is 5.82 Å². The molecule has 7 nitrogen and oxygen atoms in total. The van der Waals surface area contributed by atoms with Gasteiger partial charge in [0.2, 0.25) is 0 Å². The van der Waals surface area contributed by atoms with Crippen molar-refractivity contribution in [3.63, 3.8) is 0 Å². The highest BCUT2D eigenvalue weighted by molar-refractivity contribution is 7.92. The summed E-state index contributed by atoms with van der Waals surface area (Å²) in [6.07, 6.45) is 0. The van der Waals surface area contributed by atoms with Gasteiger partial charge in [-0.05, 0) is 42.5 Å². The number of nitrogens with one attached hydrogen (secondary N) is 1. The lowest BCUT2D eigenvalue weighted by Gasteiger charge is -2.09. The highest BCUT2D eigenvalue weighted by Crippen LogP contribution is 2.20. The quantitative estimate of drug-likeness (QED) is 0.604. The molecule has 140 valence electrons. The molecule has 2 aromatic carbocycles. The van der Waals surface area contributed by atoms with E-state index < -0.39 is 21.8 Å². The molecule has 0 spiro atoms. The first-order valence-corrected chi connectivity index (χ1v) is 10.0. The van der Waals surface area contributed by atoms with Gasteiger partial charge in [-0.2, -0.15) is 0 Å². The molecule has 0 atom stereocenters. The first kappa shape index (κ1) is 19.2. The van der Waals surface area contributed by atoms with Crippen LogP contribution in [0.25, 0.3) is 0 Å². The molecule has 0 radical (unpaired) electrons. The van der Waals surface area contributed by atoms with Crippen LogP contribution in [0.1, 0.15) is 16.1 Å². The van der Waals surface area contributed by atoms with Gasteiger partial charge in [0.05, 0.1) is 10.5 Å². The average Bonchev–Trinajstić information content (AvgIpc) is 3.06. The van der Waals surface area contributed by atoms with Gasteiger partial charge in [-0.1, -0.05) is 22.2 Å². The predicted octanol–water partition coefficient (Wildman–Crippen LogP) is 3.49. The number of carbonyl (C=O) groups excluding carboxylic acids is 1. The molecule has 1 N–H and O–H groups in total. The zero-order valence-corrected chi connectivity index (χ0v) is 15.8. The van der Waals surface area contributed by atoms with Gasteiger partial charge in [-0.3, -0.25) is 4.72 Å². The highest BCUT2D eigenvalue weighted by Gasteiger charge is 2.18. The molecular weight excluding hydrogens is 417 g/mol. The fourth-order valence-electron chi connectivity index (χ4n) is 2.02. The fraction of sp³-hybridized carbons (Fsp3) is 0.0625. The predicted molar refractivity (Wildman–Crippen MR) is 97.7 cm³/mol. The van der Waals surface area contributed by atoms with Crippen LogP contribution in [0.15, 0.2) is 53.4 Å². The minimum Gasteiger partial charge on any atom is -0.455 e. The molecule has 0 bridgehead atoms. The van der Waals surface area contributed by atoms with Crippen molar-refractivity contribution in [1.29, 1.82) is 0 Å². The topological polar surface area (TPSA) is 98.2 Å². The third-order valence-corrected chi connectivity index (χ3v) is 5.69. The van der Waals surface area contributed by atoms with E-state index in [1.54, 1.807) is 0 Å². The van der Waals surface area contributed by atoms with Crippen molar-refractivity contribution in [2.45, 2.75) is 11.5 Å². The molecule has 1 aromatic heterocycles. The Balaban J connectivity index is 1.74. The molecule has 0 saturated carbocycles. The Morgan fingerprint density at radius 3 is 2.63 bits per heavy atom. The summed E-state index contributed by atoms with van der Waals surface area (Å²) in [5.41, 5.74) is 0.545. The van der Waals surface area contributed by atoms with Gasteiger partial charge in [-0.25, -0.2) is 17.6 Å². The highest BCUT2D eigenvalue weighted by atomic mass is 35.5. The molecule has 3 aromatic rings. The largest absolute Gasteiger partial charge is 0.455 e. The van der Waals surface area contributed by atoms with Crippen molar-refractivity contribution < 1.29 is 22.3 Å². The lowest BCUT2D eigenvalue weighted by atomic mass is 10.2. The first-order valence-electron chi connectivity index (χ1n) is 7.37. The summed E-state index contributed by atoms with van der Waals surface area (Å²) < 4.78 is 49.2. The van der Waals surface area contributed by atoms with Gasteiger partial charge in [0, 0.05) is 17.2 Å². The number of hydrogen-bond donors (Lipinski definition) is 1. The van der Waals surface area contributed by atoms with Crippen LogP contribution in [0.3, 0.4) is 0 Å². The fourth-order valence-corrected chi connectivity index (χ4v) is 3.73. The maximum absolute atomic E-state index is 12.9. The van der Waals surface area contributed by atoms with Crippen LogP contribution in [0.5, 0.6) is 0 Å². The van der Waals surface area contributed by atoms with Crippen LogP contribution in [-0.4, -0.2) is 24.0 Å². The first-order chi connectivity index (χ1) is 12.8. The summed E-state index contributed by atoms with van der Waals surface area (Å²) in [4.78, 5) is 12.0. The summed E-state index contributed by atoms with van der Waals surface area (Å²) >= 11 is 6.79. The second-order valence-corrected chi connectivity index (χ2v) is 8.25. The van der Waals surface area contributed by atoms with E-state index in [1.807, 2.05) is 0 Å². The number of carbonyl (C=O) groups is 1. The Morgan fingerprint density at radius 2 is 1.96 bits per heavy atom. The minimum atomic E-state index is -3.97. The SMILES string of the molecule is O=C(OCc1nnsc1Cl)c1cccc(S(=O)(=O)Nc2ccc(F)cc2)c1. The zero-order valence-electron chi connectivity index (χ0n) is 13.4. The van der Waals surface area contributed by atoms with Crippen LogP contribution >= 0.6 is 23.1 Å². The number of halogens is 2. The van der Waals surface area contributed by atoms with Gasteiger partial charge < -0.3 is 4.74 Å². The smallest absolute Gasteiger partial charge is 0.338 e. The Bertz CT molecular complexity index is 1070. The van der Waals surface area contributed by atoms with Crippen molar-refractivity contribution in [3.05, 3.63) is 69.9 Å². The van der Waals surface area contributed by atoms with Gasteiger partial charge >= 0.3 is 5.97 Å². The van der Waals surface area contributed by atoms with E-state index in [1.165, 1.54) is 36.4 Å². The molecular formula is C16H11ClFN3O4S2. The number of esters is 1. The van der Waals surface area contributed by atoms with Crippen molar-refractivity contribution in [2.75, 3.05) is 4.72 Å². The Morgan fingerprint density at radius 1 is 1.22 bits per heavy atom. The van der Waals surface area contributed by atoms with Gasteiger partial charge in [-0.15, -0.1) is 5.10 Å². The molecule has 0 aliphatic heterocycles. The number of ether oxygens (including phenoxy) is 1. The van der Waals surface area contributed by atoms with Crippen molar-refractivity contribution in [2.24, 2.45) is 0 Å². The second-order valence-electron chi connectivity index (χ2n) is 5.21. The molecule has 0 amide bonds. The van der Waals surface area contributed by atoms with Crippen molar-refractivity contribution >= 4 is 44.8 Å². The summed E-state index contributed by atoms with van der Waals surface area (Å²) in [5.74, 6) is -1.23. The standard InChI is InChI=1S/C16H11ClFN3O4S2/c17-15-14(19-21-26-15)9-25-16(22)10-2-1-3-13(8-10)27(23,24)20-12-6-4-11(18)5-7-12/h1-8,20H,9H2.